The fourth-order valence-corrected chi connectivity index (χ4v) is 3.58. The van der Waals surface area contributed by atoms with Crippen LogP contribution in [0.5, 0.6) is 5.75 Å². The first-order valence-corrected chi connectivity index (χ1v) is 10.9. The molecule has 0 aromatic heterocycles. The molecule has 0 bridgehead atoms. The molecule has 0 radical (unpaired) electrons. The Bertz CT molecular complexity index is 911. The molecule has 2 aromatic rings. The lowest BCUT2D eigenvalue weighted by molar-refractivity contribution is -0.141. The topological polar surface area (TPSA) is 110 Å². The van der Waals surface area contributed by atoms with Gasteiger partial charge in [-0.1, -0.05) is 13.0 Å². The van der Waals surface area contributed by atoms with Crippen LogP contribution in [0.4, 0.5) is 5.69 Å². The Hall–Kier alpha value is -3.10. The van der Waals surface area contributed by atoms with E-state index in [1.165, 1.54) is 7.11 Å². The van der Waals surface area contributed by atoms with E-state index in [-0.39, 0.29) is 5.84 Å². The van der Waals surface area contributed by atoms with Crippen LogP contribution in [0.15, 0.2) is 42.5 Å². The second-order valence-corrected chi connectivity index (χ2v) is 7.62. The van der Waals surface area contributed by atoms with Crippen LogP contribution in [0.1, 0.15) is 29.7 Å². The van der Waals surface area contributed by atoms with Gasteiger partial charge in [0, 0.05) is 36.4 Å². The summed E-state index contributed by atoms with van der Waals surface area (Å²) in [5.74, 6) is 0.235. The molecule has 1 aliphatic rings. The number of esters is 1. The number of hydrogen-bond acceptors (Lipinski definition) is 7. The third kappa shape index (κ3) is 6.21. The number of benzene rings is 2. The number of anilines is 1. The predicted molar refractivity (Wildman–Crippen MR) is 124 cm³/mol. The van der Waals surface area contributed by atoms with Crippen molar-refractivity contribution in [1.29, 1.82) is 5.41 Å². The Morgan fingerprint density at radius 1 is 1.22 bits per heavy atom. The highest BCUT2D eigenvalue weighted by Gasteiger charge is 2.26. The number of carbonyl (C=O) groups is 1. The van der Waals surface area contributed by atoms with Gasteiger partial charge in [-0.05, 0) is 48.4 Å². The summed E-state index contributed by atoms with van der Waals surface area (Å²) >= 11 is 0. The lowest BCUT2D eigenvalue weighted by Gasteiger charge is -2.27. The second kappa shape index (κ2) is 11.5. The van der Waals surface area contributed by atoms with E-state index in [2.05, 4.69) is 17.1 Å². The Morgan fingerprint density at radius 3 is 2.56 bits per heavy atom. The summed E-state index contributed by atoms with van der Waals surface area (Å²) in [6.45, 7) is 6.65. The Morgan fingerprint density at radius 2 is 1.94 bits per heavy atom. The zero-order valence-electron chi connectivity index (χ0n) is 18.7. The van der Waals surface area contributed by atoms with Crippen LogP contribution < -0.4 is 15.8 Å². The molecule has 1 fully saturated rings. The maximum Gasteiger partial charge on any atom is 0.333 e. The number of nitrogen functional groups attached to an aromatic ring is 1. The second-order valence-electron chi connectivity index (χ2n) is 7.62. The smallest absolute Gasteiger partial charge is 0.333 e. The van der Waals surface area contributed by atoms with Crippen molar-refractivity contribution in [3.63, 3.8) is 0 Å². The lowest BCUT2D eigenvalue weighted by Crippen LogP contribution is -2.38. The summed E-state index contributed by atoms with van der Waals surface area (Å²) in [5, 5.41) is 10.8. The van der Waals surface area contributed by atoms with Gasteiger partial charge in [0.1, 0.15) is 18.2 Å². The maximum absolute atomic E-state index is 12.7. The van der Waals surface area contributed by atoms with Crippen LogP contribution >= 0.6 is 0 Å². The van der Waals surface area contributed by atoms with Crippen molar-refractivity contribution in [2.75, 3.05) is 51.9 Å². The monoisotopic (exact) mass is 440 g/mol. The quantitative estimate of drug-likeness (QED) is 0.296. The van der Waals surface area contributed by atoms with Gasteiger partial charge in [-0.2, -0.15) is 0 Å². The number of carbonyl (C=O) groups excluding carboxylic acids is 1. The number of nitrogens with one attached hydrogen (secondary N) is 2. The number of methoxy groups -OCH3 is 1. The molecule has 1 aliphatic heterocycles. The van der Waals surface area contributed by atoms with Gasteiger partial charge in [0.15, 0.2) is 6.04 Å². The molecule has 32 heavy (non-hydrogen) atoms. The minimum absolute atomic E-state index is 0.00679. The minimum atomic E-state index is -0.743. The molecule has 0 saturated carbocycles. The molecule has 172 valence electrons. The number of morpholine rings is 1. The SMILES string of the molecule is CCc1ccc(OCCN2CCOCC2)c(C(Nc2ccc(C(=N)N)cc2)C(=O)OC)c1. The van der Waals surface area contributed by atoms with E-state index in [1.54, 1.807) is 24.3 Å². The number of rotatable bonds is 10. The van der Waals surface area contributed by atoms with Crippen molar-refractivity contribution < 1.29 is 19.0 Å². The van der Waals surface area contributed by atoms with Gasteiger partial charge in [-0.3, -0.25) is 10.3 Å². The van der Waals surface area contributed by atoms with Gasteiger partial charge in [-0.25, -0.2) is 4.79 Å². The third-order valence-corrected chi connectivity index (χ3v) is 5.51. The van der Waals surface area contributed by atoms with E-state index in [9.17, 15) is 4.79 Å². The number of hydrogen-bond donors (Lipinski definition) is 3. The fourth-order valence-electron chi connectivity index (χ4n) is 3.58. The van der Waals surface area contributed by atoms with Crippen LogP contribution in [0.25, 0.3) is 0 Å². The highest BCUT2D eigenvalue weighted by Crippen LogP contribution is 2.31. The van der Waals surface area contributed by atoms with Gasteiger partial charge < -0.3 is 25.3 Å². The molecule has 8 heteroatoms. The molecule has 0 amide bonds. The first kappa shape index (κ1) is 23.6. The van der Waals surface area contributed by atoms with E-state index >= 15 is 0 Å². The zero-order valence-corrected chi connectivity index (χ0v) is 18.7. The Labute approximate surface area is 189 Å². The summed E-state index contributed by atoms with van der Waals surface area (Å²) in [7, 11) is 1.37. The average molecular weight is 441 g/mol. The number of nitrogens with zero attached hydrogens (tertiary/aromatic N) is 1. The van der Waals surface area contributed by atoms with E-state index in [0.717, 1.165) is 50.4 Å². The molecule has 1 unspecified atom stereocenters. The molecule has 1 saturated heterocycles. The van der Waals surface area contributed by atoms with Crippen LogP contribution in [0.2, 0.25) is 0 Å². The third-order valence-electron chi connectivity index (χ3n) is 5.51. The van der Waals surface area contributed by atoms with Crippen molar-refractivity contribution in [3.05, 3.63) is 59.2 Å². The average Bonchev–Trinajstić information content (AvgIpc) is 2.83. The van der Waals surface area contributed by atoms with Gasteiger partial charge in [-0.15, -0.1) is 0 Å². The van der Waals surface area contributed by atoms with Gasteiger partial charge in [0.2, 0.25) is 0 Å². The Balaban J connectivity index is 1.81. The van der Waals surface area contributed by atoms with Gasteiger partial charge in [0.25, 0.3) is 0 Å². The number of ether oxygens (including phenoxy) is 3. The first-order chi connectivity index (χ1) is 15.5. The summed E-state index contributed by atoms with van der Waals surface area (Å²) in [6.07, 6.45) is 0.836. The first-order valence-electron chi connectivity index (χ1n) is 10.9. The minimum Gasteiger partial charge on any atom is -0.492 e. The normalized spacial score (nSPS) is 15.1. The van der Waals surface area contributed by atoms with E-state index in [0.29, 0.717) is 23.6 Å². The highest BCUT2D eigenvalue weighted by molar-refractivity contribution is 5.95. The molecular formula is C24H32N4O4. The van der Waals surface area contributed by atoms with Crippen LogP contribution in [0, 0.1) is 5.41 Å². The number of aryl methyl sites for hydroxylation is 1. The fraction of sp³-hybridized carbons (Fsp3) is 0.417. The molecule has 1 atom stereocenters. The largest absolute Gasteiger partial charge is 0.492 e. The molecule has 4 N–H and O–H groups in total. The lowest BCUT2D eigenvalue weighted by atomic mass is 10.0. The Kier molecular flexibility index (Phi) is 8.47. The van der Waals surface area contributed by atoms with Crippen molar-refractivity contribution in [2.24, 2.45) is 5.73 Å². The van der Waals surface area contributed by atoms with Gasteiger partial charge >= 0.3 is 5.97 Å². The van der Waals surface area contributed by atoms with E-state index < -0.39 is 12.0 Å². The van der Waals surface area contributed by atoms with Crippen molar-refractivity contribution in [1.82, 2.24) is 4.90 Å². The molecule has 8 nitrogen and oxygen atoms in total. The van der Waals surface area contributed by atoms with Crippen molar-refractivity contribution in [2.45, 2.75) is 19.4 Å². The molecule has 1 heterocycles. The molecule has 3 rings (SSSR count). The number of nitrogens with two attached hydrogens (primary N) is 1. The summed E-state index contributed by atoms with van der Waals surface area (Å²) < 4.78 is 16.6. The highest BCUT2D eigenvalue weighted by atomic mass is 16.5. The number of amidine groups is 1. The van der Waals surface area contributed by atoms with Crippen LogP contribution in [0.3, 0.4) is 0 Å². The standard InChI is InChI=1S/C24H32N4O4/c1-3-17-4-9-21(32-15-12-28-10-13-31-14-11-28)20(16-17)22(24(29)30-2)27-19-7-5-18(6-8-19)23(25)26/h4-9,16,22,27H,3,10-15H2,1-2H3,(H3,25,26). The van der Waals surface area contributed by atoms with Crippen LogP contribution in [-0.2, 0) is 20.7 Å². The van der Waals surface area contributed by atoms with E-state index in [1.807, 2.05) is 18.2 Å². The maximum atomic E-state index is 12.7. The molecular weight excluding hydrogens is 408 g/mol. The van der Waals surface area contributed by atoms with E-state index in [4.69, 9.17) is 25.4 Å². The zero-order chi connectivity index (χ0) is 22.9. The summed E-state index contributed by atoms with van der Waals surface area (Å²) in [6, 6.07) is 12.2. The molecule has 2 aromatic carbocycles. The van der Waals surface area contributed by atoms with Crippen LogP contribution in [-0.4, -0.2) is 63.3 Å². The predicted octanol–water partition coefficient (Wildman–Crippen LogP) is 2.57. The van der Waals surface area contributed by atoms with Crippen molar-refractivity contribution >= 4 is 17.5 Å². The van der Waals surface area contributed by atoms with Gasteiger partial charge in [0.05, 0.1) is 20.3 Å². The summed E-state index contributed by atoms with van der Waals surface area (Å²) in [5.41, 5.74) is 8.70. The van der Waals surface area contributed by atoms with Crippen molar-refractivity contribution in [3.8, 4) is 5.75 Å². The summed E-state index contributed by atoms with van der Waals surface area (Å²) in [4.78, 5) is 15.1. The molecule has 0 spiro atoms. The molecule has 0 aliphatic carbocycles.